The summed E-state index contributed by atoms with van der Waals surface area (Å²) < 4.78 is 61.3. The Labute approximate surface area is 89.7 Å². The van der Waals surface area contributed by atoms with Gasteiger partial charge in [-0.15, -0.1) is 0 Å². The van der Waals surface area contributed by atoms with E-state index in [0.29, 0.717) is 0 Å². The molecule has 4 nitrogen and oxygen atoms in total. The molecule has 0 saturated carbocycles. The predicted octanol–water partition coefficient (Wildman–Crippen LogP) is 2.03. The summed E-state index contributed by atoms with van der Waals surface area (Å²) in [4.78, 5) is 23.0. The van der Waals surface area contributed by atoms with Crippen LogP contribution in [0, 0.1) is 0 Å². The highest BCUT2D eigenvalue weighted by atomic mass is 19.4. The van der Waals surface area contributed by atoms with Crippen molar-refractivity contribution < 1.29 is 31.9 Å². The number of hydrogen-bond donors (Lipinski definition) is 2. The van der Waals surface area contributed by atoms with Gasteiger partial charge < -0.3 is 10.1 Å². The van der Waals surface area contributed by atoms with Crippen molar-refractivity contribution in [2.45, 2.75) is 12.6 Å². The number of carbonyl (C=O) groups is 1. The van der Waals surface area contributed by atoms with Gasteiger partial charge in [0.2, 0.25) is 5.43 Å². The summed E-state index contributed by atoms with van der Waals surface area (Å²) in [6, 6.07) is 0. The SMILES string of the molecule is O=C(O)c1c(C(F)(F)F)[nH]cc(C(F)F)c1=O. The molecule has 1 heterocycles. The van der Waals surface area contributed by atoms with Gasteiger partial charge in [0.05, 0.1) is 5.56 Å². The standard InChI is InChI=1S/C8H4F5NO3/c9-6(10)2-1-14-5(8(11,12)13)3(4(2)15)7(16)17/h1,6H,(H,14,15)(H,16,17). The summed E-state index contributed by atoms with van der Waals surface area (Å²) in [5.41, 5.74) is -6.77. The lowest BCUT2D eigenvalue weighted by Crippen LogP contribution is -2.26. The summed E-state index contributed by atoms with van der Waals surface area (Å²) in [7, 11) is 0. The van der Waals surface area contributed by atoms with E-state index in [1.54, 1.807) is 0 Å². The van der Waals surface area contributed by atoms with Crippen molar-refractivity contribution in [1.29, 1.82) is 0 Å². The van der Waals surface area contributed by atoms with Gasteiger partial charge in [-0.2, -0.15) is 13.2 Å². The third-order valence-electron chi connectivity index (χ3n) is 1.84. The number of H-pyrrole nitrogens is 1. The van der Waals surface area contributed by atoms with Gasteiger partial charge in [0, 0.05) is 6.20 Å². The number of alkyl halides is 5. The molecule has 1 aromatic rings. The van der Waals surface area contributed by atoms with Crippen molar-refractivity contribution in [2.75, 3.05) is 0 Å². The Morgan fingerprint density at radius 2 is 1.88 bits per heavy atom. The summed E-state index contributed by atoms with van der Waals surface area (Å²) in [6.07, 6.45) is -8.35. The van der Waals surface area contributed by atoms with E-state index in [1.165, 1.54) is 4.98 Å². The second-order valence-electron chi connectivity index (χ2n) is 2.93. The van der Waals surface area contributed by atoms with Gasteiger partial charge in [-0.3, -0.25) is 4.79 Å². The van der Waals surface area contributed by atoms with E-state index >= 15 is 0 Å². The zero-order chi connectivity index (χ0) is 13.4. The van der Waals surface area contributed by atoms with Crippen LogP contribution in [0.1, 0.15) is 28.0 Å². The highest BCUT2D eigenvalue weighted by Crippen LogP contribution is 2.30. The molecule has 0 spiro atoms. The maximum Gasteiger partial charge on any atom is 0.432 e. The Morgan fingerprint density at radius 1 is 1.35 bits per heavy atom. The van der Waals surface area contributed by atoms with Crippen LogP contribution in [0.4, 0.5) is 22.0 Å². The van der Waals surface area contributed by atoms with Gasteiger partial charge in [0.1, 0.15) is 11.3 Å². The molecule has 2 N–H and O–H groups in total. The molecular formula is C8H4F5NO3. The van der Waals surface area contributed by atoms with E-state index < -0.39 is 40.8 Å². The molecule has 94 valence electrons. The molecule has 0 aromatic carbocycles. The molecule has 0 radical (unpaired) electrons. The lowest BCUT2D eigenvalue weighted by molar-refractivity contribution is -0.141. The Hall–Kier alpha value is -1.93. The van der Waals surface area contributed by atoms with Crippen LogP contribution in [-0.2, 0) is 6.18 Å². The van der Waals surface area contributed by atoms with Crippen molar-refractivity contribution in [3.8, 4) is 0 Å². The minimum absolute atomic E-state index is 0.155. The van der Waals surface area contributed by atoms with Crippen molar-refractivity contribution in [2.24, 2.45) is 0 Å². The Kier molecular flexibility index (Phi) is 3.21. The van der Waals surface area contributed by atoms with Crippen molar-refractivity contribution in [3.63, 3.8) is 0 Å². The molecule has 9 heteroatoms. The number of hydrogen-bond acceptors (Lipinski definition) is 2. The first-order chi connectivity index (χ1) is 7.66. The maximum absolute atomic E-state index is 12.3. The lowest BCUT2D eigenvalue weighted by Gasteiger charge is -2.10. The average Bonchev–Trinajstić information content (AvgIpc) is 2.14. The molecule has 0 saturated heterocycles. The summed E-state index contributed by atoms with van der Waals surface area (Å²) in [5, 5.41) is 8.45. The van der Waals surface area contributed by atoms with Crippen LogP contribution in [0.2, 0.25) is 0 Å². The highest BCUT2D eigenvalue weighted by Gasteiger charge is 2.39. The van der Waals surface area contributed by atoms with E-state index in [4.69, 9.17) is 5.11 Å². The van der Waals surface area contributed by atoms with Crippen molar-refractivity contribution >= 4 is 5.97 Å². The van der Waals surface area contributed by atoms with E-state index in [0.717, 1.165) is 0 Å². The predicted molar refractivity (Wildman–Crippen MR) is 44.0 cm³/mol. The Balaban J connectivity index is 3.64. The van der Waals surface area contributed by atoms with Crippen LogP contribution in [0.25, 0.3) is 0 Å². The fourth-order valence-electron chi connectivity index (χ4n) is 1.14. The van der Waals surface area contributed by atoms with E-state index in [2.05, 4.69) is 0 Å². The molecule has 1 rings (SSSR count). The van der Waals surface area contributed by atoms with Crippen molar-refractivity contribution in [3.05, 3.63) is 33.2 Å². The Morgan fingerprint density at radius 3 is 2.24 bits per heavy atom. The van der Waals surface area contributed by atoms with Gasteiger partial charge in [0.25, 0.3) is 6.43 Å². The highest BCUT2D eigenvalue weighted by molar-refractivity contribution is 5.89. The van der Waals surface area contributed by atoms with E-state index in [9.17, 15) is 31.5 Å². The first kappa shape index (κ1) is 13.1. The minimum Gasteiger partial charge on any atom is -0.477 e. The first-order valence-electron chi connectivity index (χ1n) is 4.00. The topological polar surface area (TPSA) is 70.2 Å². The summed E-state index contributed by atoms with van der Waals surface area (Å²) in [5.74, 6) is -2.22. The fourth-order valence-corrected chi connectivity index (χ4v) is 1.14. The average molecular weight is 257 g/mol. The van der Waals surface area contributed by atoms with Gasteiger partial charge in [0.15, 0.2) is 0 Å². The van der Waals surface area contributed by atoms with Crippen LogP contribution < -0.4 is 5.43 Å². The molecule has 0 fully saturated rings. The number of aromatic nitrogens is 1. The number of aromatic amines is 1. The molecule has 0 atom stereocenters. The fraction of sp³-hybridized carbons (Fsp3) is 0.250. The van der Waals surface area contributed by atoms with Gasteiger partial charge in [-0.25, -0.2) is 13.6 Å². The zero-order valence-electron chi connectivity index (χ0n) is 7.81. The molecule has 0 bridgehead atoms. The number of aromatic carboxylic acids is 1. The number of rotatable bonds is 2. The zero-order valence-corrected chi connectivity index (χ0v) is 7.81. The lowest BCUT2D eigenvalue weighted by atomic mass is 10.1. The van der Waals surface area contributed by atoms with Crippen LogP contribution in [0.3, 0.4) is 0 Å². The number of halogens is 5. The molecule has 0 aliphatic rings. The monoisotopic (exact) mass is 257 g/mol. The maximum atomic E-state index is 12.3. The first-order valence-corrected chi connectivity index (χ1v) is 4.00. The largest absolute Gasteiger partial charge is 0.477 e. The molecule has 0 amide bonds. The van der Waals surface area contributed by atoms with Crippen LogP contribution >= 0.6 is 0 Å². The third-order valence-corrected chi connectivity index (χ3v) is 1.84. The molecule has 0 unspecified atom stereocenters. The molecule has 17 heavy (non-hydrogen) atoms. The Bertz CT molecular complexity index is 505. The quantitative estimate of drug-likeness (QED) is 0.796. The second kappa shape index (κ2) is 4.15. The number of carboxylic acids is 1. The normalized spacial score (nSPS) is 11.9. The number of nitrogens with one attached hydrogen (secondary N) is 1. The molecule has 1 aromatic heterocycles. The summed E-state index contributed by atoms with van der Waals surface area (Å²) >= 11 is 0. The molecule has 0 aliphatic heterocycles. The number of pyridine rings is 1. The van der Waals surface area contributed by atoms with Gasteiger partial charge in [-0.05, 0) is 0 Å². The van der Waals surface area contributed by atoms with Crippen LogP contribution in [0.15, 0.2) is 11.0 Å². The second-order valence-corrected chi connectivity index (χ2v) is 2.93. The van der Waals surface area contributed by atoms with Crippen molar-refractivity contribution in [1.82, 2.24) is 4.98 Å². The third kappa shape index (κ3) is 2.43. The minimum atomic E-state index is -5.15. The summed E-state index contributed by atoms with van der Waals surface area (Å²) in [6.45, 7) is 0. The van der Waals surface area contributed by atoms with Gasteiger partial charge >= 0.3 is 12.1 Å². The van der Waals surface area contributed by atoms with E-state index in [-0.39, 0.29) is 6.20 Å². The van der Waals surface area contributed by atoms with Crippen LogP contribution in [-0.4, -0.2) is 16.1 Å². The smallest absolute Gasteiger partial charge is 0.432 e. The molecular weight excluding hydrogens is 253 g/mol. The number of carboxylic acid groups (broad SMARTS) is 1. The van der Waals surface area contributed by atoms with Gasteiger partial charge in [-0.1, -0.05) is 0 Å². The van der Waals surface area contributed by atoms with E-state index in [1.807, 2.05) is 0 Å². The molecule has 0 aliphatic carbocycles. The van der Waals surface area contributed by atoms with Crippen LogP contribution in [0.5, 0.6) is 0 Å².